The fourth-order valence-corrected chi connectivity index (χ4v) is 4.33. The fraction of sp³-hybridized carbons (Fsp3) is 0.571. The van der Waals surface area contributed by atoms with Gasteiger partial charge in [0.25, 0.3) is 0 Å². The molecule has 1 saturated carbocycles. The standard InChI is InChI=1S/C14H21ClN2O2S/c1-10-4-3-5-14(10)17-20(18,19)12-7-6-11(9-16-2)13(15)8-12/h6-8,10,14,16-17H,3-5,9H2,1-2H3. The van der Waals surface area contributed by atoms with Crippen molar-refractivity contribution in [1.29, 1.82) is 0 Å². The number of hydrogen-bond donors (Lipinski definition) is 2. The average molecular weight is 317 g/mol. The number of sulfonamides is 1. The summed E-state index contributed by atoms with van der Waals surface area (Å²) in [6.07, 6.45) is 3.07. The van der Waals surface area contributed by atoms with E-state index in [1.54, 1.807) is 12.1 Å². The van der Waals surface area contributed by atoms with E-state index in [1.165, 1.54) is 6.07 Å². The minimum atomic E-state index is -3.49. The van der Waals surface area contributed by atoms with E-state index in [2.05, 4.69) is 17.0 Å². The summed E-state index contributed by atoms with van der Waals surface area (Å²) in [6.45, 7) is 2.70. The molecule has 0 bridgehead atoms. The van der Waals surface area contributed by atoms with Gasteiger partial charge in [0.1, 0.15) is 0 Å². The van der Waals surface area contributed by atoms with Crippen molar-refractivity contribution in [1.82, 2.24) is 10.0 Å². The normalized spacial score (nSPS) is 23.1. The van der Waals surface area contributed by atoms with Crippen LogP contribution in [0, 0.1) is 5.92 Å². The number of nitrogens with one attached hydrogen (secondary N) is 2. The van der Waals surface area contributed by atoms with Gasteiger partial charge < -0.3 is 5.32 Å². The van der Waals surface area contributed by atoms with Crippen LogP contribution in [0.3, 0.4) is 0 Å². The van der Waals surface area contributed by atoms with Crippen LogP contribution in [0.4, 0.5) is 0 Å². The lowest BCUT2D eigenvalue weighted by Crippen LogP contribution is -2.36. The molecule has 1 aliphatic carbocycles. The Hall–Kier alpha value is -0.620. The van der Waals surface area contributed by atoms with Gasteiger partial charge in [-0.25, -0.2) is 13.1 Å². The lowest BCUT2D eigenvalue weighted by atomic mass is 10.1. The zero-order valence-electron chi connectivity index (χ0n) is 11.8. The Morgan fingerprint density at radius 1 is 1.35 bits per heavy atom. The zero-order chi connectivity index (χ0) is 14.8. The van der Waals surface area contributed by atoms with E-state index in [1.807, 2.05) is 7.05 Å². The predicted molar refractivity (Wildman–Crippen MR) is 81.3 cm³/mol. The van der Waals surface area contributed by atoms with Gasteiger partial charge in [-0.1, -0.05) is 31.0 Å². The van der Waals surface area contributed by atoms with E-state index in [-0.39, 0.29) is 10.9 Å². The predicted octanol–water partition coefficient (Wildman–Crippen LogP) is 2.53. The first-order valence-corrected chi connectivity index (χ1v) is 8.75. The molecule has 2 rings (SSSR count). The molecule has 2 unspecified atom stereocenters. The number of halogens is 1. The van der Waals surface area contributed by atoms with Gasteiger partial charge in [0.2, 0.25) is 10.0 Å². The lowest BCUT2D eigenvalue weighted by molar-refractivity contribution is 0.476. The smallest absolute Gasteiger partial charge is 0.240 e. The highest BCUT2D eigenvalue weighted by molar-refractivity contribution is 7.89. The molecular formula is C14H21ClN2O2S. The number of hydrogen-bond acceptors (Lipinski definition) is 3. The van der Waals surface area contributed by atoms with Crippen LogP contribution < -0.4 is 10.0 Å². The third-order valence-corrected chi connectivity index (χ3v) is 5.71. The molecule has 1 aromatic rings. The summed E-state index contributed by atoms with van der Waals surface area (Å²) in [5.74, 6) is 0.392. The van der Waals surface area contributed by atoms with Gasteiger partial charge in [-0.05, 0) is 43.5 Å². The molecule has 0 aliphatic heterocycles. The summed E-state index contributed by atoms with van der Waals surface area (Å²) < 4.78 is 27.5. The van der Waals surface area contributed by atoms with Crippen molar-refractivity contribution in [3.63, 3.8) is 0 Å². The molecular weight excluding hydrogens is 296 g/mol. The molecule has 6 heteroatoms. The molecule has 0 spiro atoms. The second-order valence-electron chi connectivity index (χ2n) is 5.42. The van der Waals surface area contributed by atoms with Crippen molar-refractivity contribution < 1.29 is 8.42 Å². The highest BCUT2D eigenvalue weighted by Gasteiger charge is 2.28. The van der Waals surface area contributed by atoms with Crippen LogP contribution in [-0.2, 0) is 16.6 Å². The molecule has 2 N–H and O–H groups in total. The first-order chi connectivity index (χ1) is 9.44. The summed E-state index contributed by atoms with van der Waals surface area (Å²) >= 11 is 6.13. The molecule has 0 amide bonds. The van der Waals surface area contributed by atoms with Crippen LogP contribution in [0.1, 0.15) is 31.7 Å². The highest BCUT2D eigenvalue weighted by Crippen LogP contribution is 2.27. The van der Waals surface area contributed by atoms with Gasteiger partial charge in [0.05, 0.1) is 4.90 Å². The van der Waals surface area contributed by atoms with Crippen molar-refractivity contribution in [3.05, 3.63) is 28.8 Å². The second-order valence-corrected chi connectivity index (χ2v) is 7.54. The Bertz CT molecular complexity index is 575. The summed E-state index contributed by atoms with van der Waals surface area (Å²) in [5.41, 5.74) is 0.891. The van der Waals surface area contributed by atoms with E-state index >= 15 is 0 Å². The first-order valence-electron chi connectivity index (χ1n) is 6.89. The highest BCUT2D eigenvalue weighted by atomic mass is 35.5. The van der Waals surface area contributed by atoms with Crippen LogP contribution in [-0.4, -0.2) is 21.5 Å². The molecule has 1 fully saturated rings. The van der Waals surface area contributed by atoms with E-state index < -0.39 is 10.0 Å². The van der Waals surface area contributed by atoms with Crippen LogP contribution in [0.2, 0.25) is 5.02 Å². The van der Waals surface area contributed by atoms with Crippen molar-refractivity contribution in [3.8, 4) is 0 Å². The Labute approximate surface area is 126 Å². The molecule has 20 heavy (non-hydrogen) atoms. The summed E-state index contributed by atoms with van der Waals surface area (Å²) in [6, 6.07) is 4.93. The van der Waals surface area contributed by atoms with Gasteiger partial charge >= 0.3 is 0 Å². The van der Waals surface area contributed by atoms with Crippen LogP contribution >= 0.6 is 11.6 Å². The summed E-state index contributed by atoms with van der Waals surface area (Å²) in [7, 11) is -1.66. The van der Waals surface area contributed by atoms with Gasteiger partial charge in [-0.15, -0.1) is 0 Å². The Balaban J connectivity index is 2.19. The van der Waals surface area contributed by atoms with Crippen LogP contribution in [0.25, 0.3) is 0 Å². The van der Waals surface area contributed by atoms with Crippen LogP contribution in [0.5, 0.6) is 0 Å². The van der Waals surface area contributed by atoms with Crippen molar-refractivity contribution >= 4 is 21.6 Å². The quantitative estimate of drug-likeness (QED) is 0.877. The average Bonchev–Trinajstić information content (AvgIpc) is 2.77. The third-order valence-electron chi connectivity index (χ3n) is 3.87. The Kier molecular flexibility index (Phi) is 5.07. The van der Waals surface area contributed by atoms with E-state index in [4.69, 9.17) is 11.6 Å². The maximum Gasteiger partial charge on any atom is 0.240 e. The maximum atomic E-state index is 12.4. The largest absolute Gasteiger partial charge is 0.316 e. The molecule has 1 aromatic carbocycles. The summed E-state index contributed by atoms with van der Waals surface area (Å²) in [4.78, 5) is 0.237. The zero-order valence-corrected chi connectivity index (χ0v) is 13.4. The molecule has 4 nitrogen and oxygen atoms in total. The molecule has 0 saturated heterocycles. The lowest BCUT2D eigenvalue weighted by Gasteiger charge is -2.17. The van der Waals surface area contributed by atoms with Gasteiger partial charge in [0, 0.05) is 17.6 Å². The first kappa shape index (κ1) is 15.8. The fourth-order valence-electron chi connectivity index (χ4n) is 2.62. The van der Waals surface area contributed by atoms with E-state index in [0.29, 0.717) is 17.5 Å². The van der Waals surface area contributed by atoms with Gasteiger partial charge in [-0.2, -0.15) is 0 Å². The number of benzene rings is 1. The maximum absolute atomic E-state index is 12.4. The molecule has 112 valence electrons. The SMILES string of the molecule is CNCc1ccc(S(=O)(=O)NC2CCCC2C)cc1Cl. The Morgan fingerprint density at radius 2 is 2.10 bits per heavy atom. The topological polar surface area (TPSA) is 58.2 Å². The molecule has 2 atom stereocenters. The minimum Gasteiger partial charge on any atom is -0.316 e. The number of rotatable bonds is 5. The summed E-state index contributed by atoms with van der Waals surface area (Å²) in [5, 5.41) is 3.47. The van der Waals surface area contributed by atoms with Gasteiger partial charge in [0.15, 0.2) is 0 Å². The second kappa shape index (κ2) is 6.43. The third kappa shape index (κ3) is 3.52. The molecule has 1 aliphatic rings. The molecule has 0 heterocycles. The van der Waals surface area contributed by atoms with Gasteiger partial charge in [-0.3, -0.25) is 0 Å². The van der Waals surface area contributed by atoms with Crippen LogP contribution in [0.15, 0.2) is 23.1 Å². The monoisotopic (exact) mass is 316 g/mol. The van der Waals surface area contributed by atoms with Crippen molar-refractivity contribution in [2.45, 2.75) is 43.7 Å². The minimum absolute atomic E-state index is 0.0377. The van der Waals surface area contributed by atoms with E-state index in [0.717, 1.165) is 24.8 Å². The Morgan fingerprint density at radius 3 is 2.65 bits per heavy atom. The van der Waals surface area contributed by atoms with Crippen molar-refractivity contribution in [2.75, 3.05) is 7.05 Å². The molecule has 0 aromatic heterocycles. The van der Waals surface area contributed by atoms with E-state index in [9.17, 15) is 8.42 Å². The van der Waals surface area contributed by atoms with Crippen molar-refractivity contribution in [2.24, 2.45) is 5.92 Å². The molecule has 0 radical (unpaired) electrons.